The van der Waals surface area contributed by atoms with E-state index in [1.54, 1.807) is 19.2 Å². The monoisotopic (exact) mass is 335 g/mol. The van der Waals surface area contributed by atoms with Gasteiger partial charge in [-0.1, -0.05) is 6.92 Å². The zero-order valence-corrected chi connectivity index (χ0v) is 14.2. The van der Waals surface area contributed by atoms with Crippen molar-refractivity contribution in [1.29, 1.82) is 0 Å². The molecular weight excluding hydrogens is 310 g/mol. The molecule has 2 heterocycles. The minimum absolute atomic E-state index is 0.201. The van der Waals surface area contributed by atoms with Crippen molar-refractivity contribution in [2.45, 2.75) is 26.3 Å². The van der Waals surface area contributed by atoms with Gasteiger partial charge in [-0.25, -0.2) is 9.78 Å². The summed E-state index contributed by atoms with van der Waals surface area (Å²) in [5.74, 6) is 0.657. The van der Waals surface area contributed by atoms with Crippen LogP contribution in [0.15, 0.2) is 18.3 Å². The van der Waals surface area contributed by atoms with E-state index in [4.69, 9.17) is 4.74 Å². The van der Waals surface area contributed by atoms with Crippen molar-refractivity contribution < 1.29 is 14.3 Å². The van der Waals surface area contributed by atoms with Crippen molar-refractivity contribution in [3.05, 3.63) is 18.3 Å². The summed E-state index contributed by atoms with van der Waals surface area (Å²) in [5.41, 5.74) is 0.575. The molecule has 0 spiro atoms. The molecule has 0 aliphatic carbocycles. The average Bonchev–Trinajstić information content (AvgIpc) is 2.61. The van der Waals surface area contributed by atoms with E-state index in [0.717, 1.165) is 25.3 Å². The summed E-state index contributed by atoms with van der Waals surface area (Å²) >= 11 is 0. The standard InChI is InChI=1S/C16H25N5O3/c1-3-6-17-15(22)12(2)19-16(23)20-13-4-5-14(18-11-13)21-7-9-24-10-8-21/h4-5,11-12H,3,6-10H2,1-2H3,(H,17,22)(H2,19,20,23)/t12-/m1/s1. The molecule has 8 heteroatoms. The molecule has 0 unspecified atom stereocenters. The largest absolute Gasteiger partial charge is 0.378 e. The highest BCUT2D eigenvalue weighted by atomic mass is 16.5. The van der Waals surface area contributed by atoms with E-state index in [0.29, 0.717) is 25.4 Å². The molecule has 8 nitrogen and oxygen atoms in total. The van der Waals surface area contributed by atoms with Crippen molar-refractivity contribution in [2.24, 2.45) is 0 Å². The Morgan fingerprint density at radius 1 is 1.33 bits per heavy atom. The predicted octanol–water partition coefficient (Wildman–Crippen LogP) is 0.954. The van der Waals surface area contributed by atoms with Gasteiger partial charge < -0.3 is 25.6 Å². The number of hydrogen-bond donors (Lipinski definition) is 3. The van der Waals surface area contributed by atoms with Gasteiger partial charge in [0.15, 0.2) is 0 Å². The summed E-state index contributed by atoms with van der Waals surface area (Å²) < 4.78 is 5.31. The van der Waals surface area contributed by atoms with Crippen molar-refractivity contribution >= 4 is 23.4 Å². The number of hydrogen-bond acceptors (Lipinski definition) is 5. The number of nitrogens with zero attached hydrogens (tertiary/aromatic N) is 2. The van der Waals surface area contributed by atoms with Gasteiger partial charge in [-0.15, -0.1) is 0 Å². The Labute approximate surface area is 142 Å². The second kappa shape index (κ2) is 9.07. The molecule has 0 bridgehead atoms. The fourth-order valence-corrected chi connectivity index (χ4v) is 2.27. The molecule has 1 atom stereocenters. The first-order chi connectivity index (χ1) is 11.6. The molecule has 0 aromatic carbocycles. The van der Waals surface area contributed by atoms with Crippen molar-refractivity contribution in [3.63, 3.8) is 0 Å². The highest BCUT2D eigenvalue weighted by molar-refractivity contribution is 5.93. The lowest BCUT2D eigenvalue weighted by Gasteiger charge is -2.27. The third-order valence-electron chi connectivity index (χ3n) is 3.63. The van der Waals surface area contributed by atoms with Crippen LogP contribution in [-0.4, -0.2) is 55.8 Å². The Morgan fingerprint density at radius 2 is 2.08 bits per heavy atom. The lowest BCUT2D eigenvalue weighted by Crippen LogP contribution is -2.46. The SMILES string of the molecule is CCCNC(=O)[C@@H](C)NC(=O)Nc1ccc(N2CCOCC2)nc1. The highest BCUT2D eigenvalue weighted by Crippen LogP contribution is 2.15. The minimum Gasteiger partial charge on any atom is -0.378 e. The minimum atomic E-state index is -0.600. The van der Waals surface area contributed by atoms with Crippen LogP contribution in [0.25, 0.3) is 0 Å². The lowest BCUT2D eigenvalue weighted by molar-refractivity contribution is -0.122. The number of pyridine rings is 1. The molecule has 1 aliphatic heterocycles. The molecular formula is C16H25N5O3. The second-order valence-electron chi connectivity index (χ2n) is 5.62. The number of carbonyl (C=O) groups is 2. The van der Waals surface area contributed by atoms with E-state index in [1.165, 1.54) is 0 Å². The van der Waals surface area contributed by atoms with Gasteiger partial charge in [-0.3, -0.25) is 4.79 Å². The molecule has 1 saturated heterocycles. The maximum Gasteiger partial charge on any atom is 0.319 e. The molecule has 1 aliphatic rings. The predicted molar refractivity (Wildman–Crippen MR) is 92.2 cm³/mol. The molecule has 2 rings (SSSR count). The molecule has 132 valence electrons. The lowest BCUT2D eigenvalue weighted by atomic mass is 10.3. The number of carbonyl (C=O) groups excluding carboxylic acids is 2. The van der Waals surface area contributed by atoms with Gasteiger partial charge in [0.25, 0.3) is 0 Å². The van der Waals surface area contributed by atoms with Crippen LogP contribution in [0.3, 0.4) is 0 Å². The van der Waals surface area contributed by atoms with E-state index in [9.17, 15) is 9.59 Å². The van der Waals surface area contributed by atoms with Crippen LogP contribution in [-0.2, 0) is 9.53 Å². The summed E-state index contributed by atoms with van der Waals surface area (Å²) in [5, 5.41) is 8.01. The van der Waals surface area contributed by atoms with Gasteiger partial charge in [0, 0.05) is 19.6 Å². The van der Waals surface area contributed by atoms with Crippen LogP contribution in [0.5, 0.6) is 0 Å². The van der Waals surface area contributed by atoms with Crippen molar-refractivity contribution in [3.8, 4) is 0 Å². The number of rotatable bonds is 6. The van der Waals surface area contributed by atoms with Crippen LogP contribution < -0.4 is 20.9 Å². The van der Waals surface area contributed by atoms with Gasteiger partial charge >= 0.3 is 6.03 Å². The molecule has 1 aromatic rings. The Bertz CT molecular complexity index is 543. The van der Waals surface area contributed by atoms with E-state index in [2.05, 4.69) is 25.8 Å². The Kier molecular flexibility index (Phi) is 6.80. The summed E-state index contributed by atoms with van der Waals surface area (Å²) in [7, 11) is 0. The van der Waals surface area contributed by atoms with Gasteiger partial charge in [0.05, 0.1) is 25.1 Å². The molecule has 0 saturated carbocycles. The summed E-state index contributed by atoms with van der Waals surface area (Å²) in [4.78, 5) is 30.1. The van der Waals surface area contributed by atoms with Gasteiger partial charge in [0.1, 0.15) is 11.9 Å². The van der Waals surface area contributed by atoms with E-state index >= 15 is 0 Å². The van der Waals surface area contributed by atoms with Crippen LogP contribution in [0.1, 0.15) is 20.3 Å². The Morgan fingerprint density at radius 3 is 2.71 bits per heavy atom. The first-order valence-corrected chi connectivity index (χ1v) is 8.24. The first-order valence-electron chi connectivity index (χ1n) is 8.24. The Balaban J connectivity index is 1.82. The number of ether oxygens (including phenoxy) is 1. The molecule has 24 heavy (non-hydrogen) atoms. The summed E-state index contributed by atoms with van der Waals surface area (Å²) in [6, 6.07) is 2.62. The zero-order valence-electron chi connectivity index (χ0n) is 14.2. The van der Waals surface area contributed by atoms with E-state index in [-0.39, 0.29) is 5.91 Å². The number of urea groups is 1. The summed E-state index contributed by atoms with van der Waals surface area (Å²) in [6.45, 7) is 7.22. The third kappa shape index (κ3) is 5.38. The van der Waals surface area contributed by atoms with Gasteiger partial charge in [0.2, 0.25) is 5.91 Å². The van der Waals surface area contributed by atoms with Gasteiger partial charge in [-0.2, -0.15) is 0 Å². The smallest absolute Gasteiger partial charge is 0.319 e. The number of nitrogens with one attached hydrogen (secondary N) is 3. The summed E-state index contributed by atoms with van der Waals surface area (Å²) in [6.07, 6.45) is 2.46. The molecule has 3 amide bonds. The van der Waals surface area contributed by atoms with Crippen molar-refractivity contribution in [2.75, 3.05) is 43.1 Å². The molecule has 3 N–H and O–H groups in total. The normalized spacial score (nSPS) is 15.5. The van der Waals surface area contributed by atoms with Crippen LogP contribution in [0, 0.1) is 0 Å². The number of morpholine rings is 1. The third-order valence-corrected chi connectivity index (χ3v) is 3.63. The number of anilines is 2. The fraction of sp³-hybridized carbons (Fsp3) is 0.562. The topological polar surface area (TPSA) is 95.6 Å². The molecule has 1 fully saturated rings. The molecule has 1 aromatic heterocycles. The number of aromatic nitrogens is 1. The van der Waals surface area contributed by atoms with Crippen LogP contribution >= 0.6 is 0 Å². The Hall–Kier alpha value is -2.35. The van der Waals surface area contributed by atoms with Gasteiger partial charge in [-0.05, 0) is 25.5 Å². The first kappa shape index (κ1) is 18.0. The molecule has 0 radical (unpaired) electrons. The maximum absolute atomic E-state index is 11.9. The van der Waals surface area contributed by atoms with Crippen LogP contribution in [0.4, 0.5) is 16.3 Å². The van der Waals surface area contributed by atoms with E-state index < -0.39 is 12.1 Å². The van der Waals surface area contributed by atoms with Crippen molar-refractivity contribution in [1.82, 2.24) is 15.6 Å². The zero-order chi connectivity index (χ0) is 17.4. The average molecular weight is 335 g/mol. The van der Waals surface area contributed by atoms with Crippen LogP contribution in [0.2, 0.25) is 0 Å². The highest BCUT2D eigenvalue weighted by Gasteiger charge is 2.15. The fourth-order valence-electron chi connectivity index (χ4n) is 2.27. The van der Waals surface area contributed by atoms with E-state index in [1.807, 2.05) is 13.0 Å². The maximum atomic E-state index is 11.9. The quantitative estimate of drug-likeness (QED) is 0.719. The second-order valence-corrected chi connectivity index (χ2v) is 5.62. The number of amides is 3.